The summed E-state index contributed by atoms with van der Waals surface area (Å²) in [6.07, 6.45) is -0.129. The van der Waals surface area contributed by atoms with Crippen LogP contribution in [0.4, 0.5) is 5.69 Å². The van der Waals surface area contributed by atoms with E-state index in [1.165, 1.54) is 11.3 Å². The molecular formula is C16H17NO4S. The maximum Gasteiger partial charge on any atom is 0.265 e. The Balaban J connectivity index is 1.95. The van der Waals surface area contributed by atoms with Gasteiger partial charge in [-0.25, -0.2) is 0 Å². The third-order valence-electron chi connectivity index (χ3n) is 3.45. The van der Waals surface area contributed by atoms with Crippen LogP contribution in [0.15, 0.2) is 29.6 Å². The largest absolute Gasteiger partial charge is 0.486 e. The second-order valence-electron chi connectivity index (χ2n) is 4.94. The number of carbonyl (C=O) groups is 1. The SMILES string of the molecule is CC[C@@H](O)c1cc2c(cc1NC(=O)c1cccs1)OCCO2. The first kappa shape index (κ1) is 14.9. The average Bonchev–Trinajstić information content (AvgIpc) is 3.08. The minimum absolute atomic E-state index is 0.198. The van der Waals surface area contributed by atoms with Crippen LogP contribution in [0.2, 0.25) is 0 Å². The Morgan fingerprint density at radius 2 is 2.09 bits per heavy atom. The van der Waals surface area contributed by atoms with Crippen LogP contribution in [-0.2, 0) is 0 Å². The van der Waals surface area contributed by atoms with Gasteiger partial charge in [-0.2, -0.15) is 0 Å². The summed E-state index contributed by atoms with van der Waals surface area (Å²) in [4.78, 5) is 12.9. The van der Waals surface area contributed by atoms with E-state index >= 15 is 0 Å². The van der Waals surface area contributed by atoms with Crippen molar-refractivity contribution in [2.75, 3.05) is 18.5 Å². The first-order valence-corrected chi connectivity index (χ1v) is 8.03. The highest BCUT2D eigenvalue weighted by Crippen LogP contribution is 2.39. The first-order valence-electron chi connectivity index (χ1n) is 7.15. The second-order valence-corrected chi connectivity index (χ2v) is 5.89. The van der Waals surface area contributed by atoms with Gasteiger partial charge in [0.2, 0.25) is 0 Å². The molecular weight excluding hydrogens is 302 g/mol. The summed E-state index contributed by atoms with van der Waals surface area (Å²) in [5.74, 6) is 0.985. The maximum absolute atomic E-state index is 12.3. The molecule has 116 valence electrons. The molecule has 0 spiro atoms. The maximum atomic E-state index is 12.3. The van der Waals surface area contributed by atoms with Gasteiger partial charge in [0.1, 0.15) is 13.2 Å². The molecule has 2 aromatic rings. The minimum Gasteiger partial charge on any atom is -0.486 e. The summed E-state index contributed by atoms with van der Waals surface area (Å²) < 4.78 is 11.1. The number of nitrogens with one attached hydrogen (secondary N) is 1. The topological polar surface area (TPSA) is 67.8 Å². The van der Waals surface area contributed by atoms with Gasteiger partial charge in [0, 0.05) is 11.6 Å². The fourth-order valence-electron chi connectivity index (χ4n) is 2.30. The molecule has 5 nitrogen and oxygen atoms in total. The van der Waals surface area contributed by atoms with Gasteiger partial charge in [0.15, 0.2) is 11.5 Å². The smallest absolute Gasteiger partial charge is 0.265 e. The lowest BCUT2D eigenvalue weighted by Crippen LogP contribution is -2.18. The number of aliphatic hydroxyl groups is 1. The van der Waals surface area contributed by atoms with E-state index in [1.807, 2.05) is 18.4 Å². The molecule has 3 rings (SSSR count). The van der Waals surface area contributed by atoms with Gasteiger partial charge in [0.05, 0.1) is 16.7 Å². The van der Waals surface area contributed by atoms with Crippen molar-refractivity contribution in [1.82, 2.24) is 0 Å². The number of ether oxygens (including phenoxy) is 2. The Labute approximate surface area is 132 Å². The van der Waals surface area contributed by atoms with Crippen molar-refractivity contribution in [3.8, 4) is 11.5 Å². The molecule has 0 saturated carbocycles. The van der Waals surface area contributed by atoms with E-state index in [2.05, 4.69) is 5.32 Å². The van der Waals surface area contributed by atoms with E-state index in [9.17, 15) is 9.90 Å². The van der Waals surface area contributed by atoms with Crippen molar-refractivity contribution in [3.05, 3.63) is 40.1 Å². The molecule has 1 aromatic carbocycles. The van der Waals surface area contributed by atoms with Gasteiger partial charge in [-0.05, 0) is 23.9 Å². The van der Waals surface area contributed by atoms with Crippen LogP contribution in [0.3, 0.4) is 0 Å². The number of carbonyl (C=O) groups excluding carboxylic acids is 1. The predicted molar refractivity (Wildman–Crippen MR) is 85.0 cm³/mol. The minimum atomic E-state index is -0.672. The van der Waals surface area contributed by atoms with E-state index in [0.29, 0.717) is 47.3 Å². The molecule has 2 N–H and O–H groups in total. The van der Waals surface area contributed by atoms with Gasteiger partial charge in [0.25, 0.3) is 5.91 Å². The number of aliphatic hydroxyl groups excluding tert-OH is 1. The lowest BCUT2D eigenvalue weighted by atomic mass is 10.0. The van der Waals surface area contributed by atoms with Gasteiger partial charge >= 0.3 is 0 Å². The van der Waals surface area contributed by atoms with Gasteiger partial charge in [-0.15, -0.1) is 11.3 Å². The Kier molecular flexibility index (Phi) is 4.31. The number of amides is 1. The van der Waals surface area contributed by atoms with Gasteiger partial charge < -0.3 is 19.9 Å². The Morgan fingerprint density at radius 1 is 1.36 bits per heavy atom. The van der Waals surface area contributed by atoms with Crippen molar-refractivity contribution in [3.63, 3.8) is 0 Å². The highest BCUT2D eigenvalue weighted by Gasteiger charge is 2.21. The molecule has 0 bridgehead atoms. The summed E-state index contributed by atoms with van der Waals surface area (Å²) in [6.45, 7) is 2.84. The van der Waals surface area contributed by atoms with Crippen LogP contribution in [0.5, 0.6) is 11.5 Å². The fraction of sp³-hybridized carbons (Fsp3) is 0.312. The summed E-state index contributed by atoms with van der Waals surface area (Å²) in [6, 6.07) is 7.04. The fourth-order valence-corrected chi connectivity index (χ4v) is 2.92. The molecule has 0 radical (unpaired) electrons. The highest BCUT2D eigenvalue weighted by molar-refractivity contribution is 7.12. The van der Waals surface area contributed by atoms with Crippen molar-refractivity contribution in [2.45, 2.75) is 19.4 Å². The molecule has 1 aliphatic rings. The lowest BCUT2D eigenvalue weighted by Gasteiger charge is -2.23. The van der Waals surface area contributed by atoms with Crippen molar-refractivity contribution >= 4 is 22.9 Å². The third kappa shape index (κ3) is 2.93. The van der Waals surface area contributed by atoms with E-state index < -0.39 is 6.10 Å². The number of hydrogen-bond donors (Lipinski definition) is 2. The zero-order chi connectivity index (χ0) is 15.5. The molecule has 0 saturated heterocycles. The van der Waals surface area contributed by atoms with Gasteiger partial charge in [-0.3, -0.25) is 4.79 Å². The van der Waals surface area contributed by atoms with Crippen molar-refractivity contribution in [2.24, 2.45) is 0 Å². The Morgan fingerprint density at radius 3 is 2.73 bits per heavy atom. The number of hydrogen-bond acceptors (Lipinski definition) is 5. The van der Waals surface area contributed by atoms with Crippen LogP contribution in [0.25, 0.3) is 0 Å². The van der Waals surface area contributed by atoms with E-state index in [1.54, 1.807) is 18.2 Å². The van der Waals surface area contributed by atoms with Crippen LogP contribution in [0.1, 0.15) is 34.7 Å². The zero-order valence-corrected chi connectivity index (χ0v) is 13.0. The molecule has 1 aromatic heterocycles. The molecule has 1 amide bonds. The molecule has 2 heterocycles. The molecule has 1 aliphatic heterocycles. The van der Waals surface area contributed by atoms with Crippen LogP contribution in [-0.4, -0.2) is 24.2 Å². The number of rotatable bonds is 4. The Bertz CT molecular complexity index is 669. The first-order chi connectivity index (χ1) is 10.7. The van der Waals surface area contributed by atoms with Crippen LogP contribution >= 0.6 is 11.3 Å². The third-order valence-corrected chi connectivity index (χ3v) is 4.32. The van der Waals surface area contributed by atoms with E-state index in [4.69, 9.17) is 9.47 Å². The zero-order valence-electron chi connectivity index (χ0n) is 12.2. The quantitative estimate of drug-likeness (QED) is 0.908. The van der Waals surface area contributed by atoms with E-state index in [0.717, 1.165) is 0 Å². The second kappa shape index (κ2) is 6.37. The standard InChI is InChI=1S/C16H17NO4S/c1-2-12(18)10-8-13-14(21-6-5-20-13)9-11(10)17-16(19)15-4-3-7-22-15/h3-4,7-9,12,18H,2,5-6H2,1H3,(H,17,19)/t12-/m1/s1. The highest BCUT2D eigenvalue weighted by atomic mass is 32.1. The molecule has 1 atom stereocenters. The number of benzene rings is 1. The van der Waals surface area contributed by atoms with Crippen molar-refractivity contribution in [1.29, 1.82) is 0 Å². The predicted octanol–water partition coefficient (Wildman–Crippen LogP) is 3.22. The number of fused-ring (bicyclic) bond motifs is 1. The van der Waals surface area contributed by atoms with Crippen molar-refractivity contribution < 1.29 is 19.4 Å². The molecule has 6 heteroatoms. The van der Waals surface area contributed by atoms with E-state index in [-0.39, 0.29) is 5.91 Å². The van der Waals surface area contributed by atoms with Crippen LogP contribution < -0.4 is 14.8 Å². The summed E-state index contributed by atoms with van der Waals surface area (Å²) in [5.41, 5.74) is 1.19. The van der Waals surface area contributed by atoms with Gasteiger partial charge in [-0.1, -0.05) is 13.0 Å². The number of anilines is 1. The molecule has 22 heavy (non-hydrogen) atoms. The normalized spacial score (nSPS) is 14.5. The molecule has 0 aliphatic carbocycles. The average molecular weight is 319 g/mol. The summed E-state index contributed by atoms with van der Waals surface area (Å²) in [7, 11) is 0. The summed E-state index contributed by atoms with van der Waals surface area (Å²) in [5, 5.41) is 14.9. The Hall–Kier alpha value is -2.05. The number of thiophene rings is 1. The monoisotopic (exact) mass is 319 g/mol. The van der Waals surface area contributed by atoms with Crippen LogP contribution in [0, 0.1) is 0 Å². The molecule has 0 fully saturated rings. The molecule has 0 unspecified atom stereocenters. The summed E-state index contributed by atoms with van der Waals surface area (Å²) >= 11 is 1.37. The lowest BCUT2D eigenvalue weighted by molar-refractivity contribution is 0.103.